The molecule has 0 heterocycles. The Morgan fingerprint density at radius 3 is 1.83 bits per heavy atom. The largest absolute Gasteiger partial charge is 0.445 e. The van der Waals surface area contributed by atoms with Crippen LogP contribution < -0.4 is 15.1 Å². The molecule has 0 aliphatic rings. The molecule has 0 spiro atoms. The van der Waals surface area contributed by atoms with Crippen LogP contribution in [0.1, 0.15) is 11.1 Å². The van der Waals surface area contributed by atoms with Gasteiger partial charge in [-0.25, -0.2) is 9.36 Å². The highest BCUT2D eigenvalue weighted by atomic mass is 31.2. The fraction of sp³-hybridized carbons (Fsp3) is 0.107. The number of rotatable bonds is 10. The van der Waals surface area contributed by atoms with Gasteiger partial charge in [-0.3, -0.25) is 9.84 Å². The molecule has 178 valence electrons. The van der Waals surface area contributed by atoms with Gasteiger partial charge >= 0.3 is 13.7 Å². The summed E-state index contributed by atoms with van der Waals surface area (Å²) in [5, 5.41) is 3.09. The number of para-hydroxylation sites is 1. The molecule has 4 rings (SSSR count). The molecule has 0 bridgehead atoms. The molecule has 35 heavy (non-hydrogen) atoms. The highest BCUT2D eigenvalue weighted by molar-refractivity contribution is 7.62. The first-order valence-electron chi connectivity index (χ1n) is 11.2. The predicted molar refractivity (Wildman–Crippen MR) is 136 cm³/mol. The van der Waals surface area contributed by atoms with Crippen LogP contribution in [-0.4, -0.2) is 12.3 Å². The van der Waals surface area contributed by atoms with Gasteiger partial charge in [-0.1, -0.05) is 97.1 Å². The van der Waals surface area contributed by atoms with Crippen LogP contribution in [0.15, 0.2) is 121 Å². The molecule has 2 atom stereocenters. The molecule has 4 aromatic rings. The van der Waals surface area contributed by atoms with Crippen molar-refractivity contribution in [3.05, 3.63) is 132 Å². The van der Waals surface area contributed by atoms with Crippen molar-refractivity contribution in [2.75, 3.05) is 0 Å². The number of carbonyl (C=O) groups excluding carboxylic acids is 1. The van der Waals surface area contributed by atoms with E-state index in [4.69, 9.17) is 13.8 Å². The maximum atomic E-state index is 14.1. The van der Waals surface area contributed by atoms with Crippen LogP contribution in [0.3, 0.4) is 0 Å². The molecule has 2 unspecified atom stereocenters. The second-order valence-corrected chi connectivity index (χ2v) is 9.63. The van der Waals surface area contributed by atoms with Crippen molar-refractivity contribution >= 4 is 19.0 Å². The first kappa shape index (κ1) is 24.3. The highest BCUT2D eigenvalue weighted by Gasteiger charge is 2.34. The molecule has 0 radical (unpaired) electrons. The minimum Gasteiger partial charge on any atom is -0.445 e. The second-order valence-electron chi connectivity index (χ2n) is 7.73. The molecule has 6 nitrogen and oxygen atoms in total. The normalized spacial score (nSPS) is 13.3. The van der Waals surface area contributed by atoms with Gasteiger partial charge in [0.25, 0.3) is 0 Å². The van der Waals surface area contributed by atoms with E-state index in [1.807, 2.05) is 72.8 Å². The molecule has 0 aliphatic carbocycles. The maximum absolute atomic E-state index is 14.1. The lowest BCUT2D eigenvalue weighted by atomic mass is 10.1. The number of nitrogens with one attached hydrogen (secondary N) is 1. The summed E-state index contributed by atoms with van der Waals surface area (Å²) in [5.74, 6) is 0.393. The average Bonchev–Trinajstić information content (AvgIpc) is 2.90. The summed E-state index contributed by atoms with van der Waals surface area (Å²) in [5.41, 5.74) is 1.74. The van der Waals surface area contributed by atoms with Crippen molar-refractivity contribution in [3.63, 3.8) is 0 Å². The lowest BCUT2D eigenvalue weighted by Crippen LogP contribution is -2.39. The summed E-state index contributed by atoms with van der Waals surface area (Å²) in [6.07, 6.45) is -1.40. The van der Waals surface area contributed by atoms with Gasteiger partial charge in [-0.05, 0) is 35.4 Å². The van der Waals surface area contributed by atoms with E-state index in [1.54, 1.807) is 48.5 Å². The molecular formula is C28H26NO5P. The van der Waals surface area contributed by atoms with E-state index in [0.717, 1.165) is 11.1 Å². The number of hydrogen-bond acceptors (Lipinski definition) is 5. The Balaban J connectivity index is 1.56. The fourth-order valence-corrected chi connectivity index (χ4v) is 5.04. The summed E-state index contributed by atoms with van der Waals surface area (Å²) in [7, 11) is -3.89. The third-order valence-corrected chi connectivity index (χ3v) is 6.98. The van der Waals surface area contributed by atoms with Crippen molar-refractivity contribution in [2.24, 2.45) is 0 Å². The van der Waals surface area contributed by atoms with Gasteiger partial charge in [0.2, 0.25) is 0 Å². The van der Waals surface area contributed by atoms with Crippen LogP contribution in [0.25, 0.3) is 0 Å². The van der Waals surface area contributed by atoms with Gasteiger partial charge in [-0.15, -0.1) is 0 Å². The second kappa shape index (κ2) is 12.0. The van der Waals surface area contributed by atoms with E-state index in [0.29, 0.717) is 11.1 Å². The summed E-state index contributed by atoms with van der Waals surface area (Å²) in [4.78, 5) is 12.7. The minimum absolute atomic E-state index is 0.0988. The lowest BCUT2D eigenvalue weighted by Gasteiger charge is -2.26. The van der Waals surface area contributed by atoms with E-state index in [-0.39, 0.29) is 13.0 Å². The van der Waals surface area contributed by atoms with Crippen LogP contribution in [-0.2, 0) is 26.9 Å². The predicted octanol–water partition coefficient (Wildman–Crippen LogP) is 6.10. The van der Waals surface area contributed by atoms with Gasteiger partial charge in [0.05, 0.1) is 5.30 Å². The van der Waals surface area contributed by atoms with Crippen LogP contribution >= 0.6 is 7.60 Å². The van der Waals surface area contributed by atoms with Crippen molar-refractivity contribution in [2.45, 2.75) is 19.3 Å². The summed E-state index contributed by atoms with van der Waals surface area (Å²) in [6, 6.07) is 36.3. The van der Waals surface area contributed by atoms with Crippen LogP contribution in [0, 0.1) is 0 Å². The Morgan fingerprint density at radius 1 is 0.714 bits per heavy atom. The number of benzene rings is 4. The fourth-order valence-electron chi connectivity index (χ4n) is 3.37. The van der Waals surface area contributed by atoms with Crippen LogP contribution in [0.4, 0.5) is 4.79 Å². The van der Waals surface area contributed by atoms with E-state index < -0.39 is 19.9 Å². The van der Waals surface area contributed by atoms with E-state index in [2.05, 4.69) is 5.32 Å². The SMILES string of the molecule is O=C(NC(Cc1ccccc1)OP(=O)(Oc1ccccc1)c1ccccc1)OCc1ccccc1. The Labute approximate surface area is 205 Å². The van der Waals surface area contributed by atoms with E-state index in [9.17, 15) is 9.36 Å². The zero-order valence-corrected chi connectivity index (χ0v) is 19.9. The Hall–Kier alpha value is -3.86. The zero-order chi connectivity index (χ0) is 24.3. The van der Waals surface area contributed by atoms with Gasteiger partial charge in [-0.2, -0.15) is 0 Å². The molecular weight excluding hydrogens is 461 g/mol. The molecule has 0 saturated carbocycles. The number of hydrogen-bond donors (Lipinski definition) is 1. The van der Waals surface area contributed by atoms with E-state index >= 15 is 0 Å². The Bertz CT molecular complexity index is 1240. The standard InChI is InChI=1S/C28H26NO5P/c30-28(32-22-24-15-7-2-8-16-24)29-27(21-23-13-5-1-6-14-23)34-35(31,26-19-11-4-12-20-26)33-25-17-9-3-10-18-25/h1-20,27H,21-22H2,(H,29,30). The van der Waals surface area contributed by atoms with Gasteiger partial charge < -0.3 is 9.26 Å². The Morgan fingerprint density at radius 2 is 1.23 bits per heavy atom. The summed E-state index contributed by atoms with van der Waals surface area (Å²) >= 11 is 0. The van der Waals surface area contributed by atoms with Crippen molar-refractivity contribution in [1.29, 1.82) is 0 Å². The monoisotopic (exact) mass is 487 g/mol. The third-order valence-electron chi connectivity index (χ3n) is 5.06. The van der Waals surface area contributed by atoms with E-state index in [1.165, 1.54) is 0 Å². The molecule has 7 heteroatoms. The smallest absolute Gasteiger partial charge is 0.412 e. The lowest BCUT2D eigenvalue weighted by molar-refractivity contribution is 0.102. The number of alkyl carbamates (subject to hydrolysis) is 1. The average molecular weight is 487 g/mol. The van der Waals surface area contributed by atoms with Crippen molar-refractivity contribution in [3.8, 4) is 5.75 Å². The first-order valence-corrected chi connectivity index (χ1v) is 12.7. The molecule has 0 aromatic heterocycles. The molecule has 4 aromatic carbocycles. The summed E-state index contributed by atoms with van der Waals surface area (Å²) in [6.45, 7) is 0.0988. The summed E-state index contributed by atoms with van der Waals surface area (Å²) < 4.78 is 31.5. The maximum Gasteiger partial charge on any atom is 0.412 e. The number of ether oxygens (including phenoxy) is 1. The molecule has 0 aliphatic heterocycles. The minimum atomic E-state index is -3.89. The van der Waals surface area contributed by atoms with Gasteiger partial charge in [0, 0.05) is 6.42 Å². The molecule has 0 saturated heterocycles. The van der Waals surface area contributed by atoms with Gasteiger partial charge in [0.1, 0.15) is 18.6 Å². The first-order chi connectivity index (χ1) is 17.1. The number of amides is 1. The molecule has 1 amide bonds. The van der Waals surface area contributed by atoms with Crippen LogP contribution in [0.5, 0.6) is 5.75 Å². The third kappa shape index (κ3) is 7.31. The molecule has 1 N–H and O–H groups in total. The quantitative estimate of drug-likeness (QED) is 0.216. The topological polar surface area (TPSA) is 73.9 Å². The van der Waals surface area contributed by atoms with Crippen LogP contribution in [0.2, 0.25) is 0 Å². The molecule has 0 fully saturated rings. The zero-order valence-electron chi connectivity index (χ0n) is 19.0. The van der Waals surface area contributed by atoms with Gasteiger partial charge in [0.15, 0.2) is 0 Å². The highest BCUT2D eigenvalue weighted by Crippen LogP contribution is 2.48. The van der Waals surface area contributed by atoms with Crippen molar-refractivity contribution in [1.82, 2.24) is 5.32 Å². The number of carbonyl (C=O) groups is 1. The van der Waals surface area contributed by atoms with Crippen molar-refractivity contribution < 1.29 is 23.1 Å². The Kier molecular flexibility index (Phi) is 8.34.